The molecule has 2 atom stereocenters. The lowest BCUT2D eigenvalue weighted by Gasteiger charge is -2.11. The second-order valence-corrected chi connectivity index (χ2v) is 3.88. The van der Waals surface area contributed by atoms with E-state index in [1.165, 1.54) is 18.2 Å². The maximum absolute atomic E-state index is 11.4. The van der Waals surface area contributed by atoms with Crippen LogP contribution in [0, 0.1) is 0 Å². The Morgan fingerprint density at radius 2 is 2.22 bits per heavy atom. The number of hydrogen-bond acceptors (Lipinski definition) is 6. The Labute approximate surface area is 103 Å². The van der Waals surface area contributed by atoms with E-state index in [1.54, 1.807) is 6.92 Å². The van der Waals surface area contributed by atoms with Crippen LogP contribution in [0.1, 0.15) is 12.5 Å². The van der Waals surface area contributed by atoms with Crippen LogP contribution in [-0.2, 0) is 9.53 Å². The first-order chi connectivity index (χ1) is 8.54. The minimum atomic E-state index is -0.772. The Bertz CT molecular complexity index is 515. The summed E-state index contributed by atoms with van der Waals surface area (Å²) < 4.78 is 5.38. The molecule has 1 aliphatic heterocycles. The molecule has 1 aromatic rings. The molecule has 18 heavy (non-hydrogen) atoms. The zero-order valence-corrected chi connectivity index (χ0v) is 9.62. The SMILES string of the molecule is C[C@H]1OC(c2cccc(O)c2O)=N[C@@H]1C(=O)NN. The number of carbonyl (C=O) groups is 1. The molecule has 0 aliphatic carbocycles. The lowest BCUT2D eigenvalue weighted by atomic mass is 10.2. The Kier molecular flexibility index (Phi) is 3.07. The van der Waals surface area contributed by atoms with Crippen LogP contribution in [0.3, 0.4) is 0 Å². The van der Waals surface area contributed by atoms with Gasteiger partial charge >= 0.3 is 0 Å². The molecule has 0 saturated heterocycles. The van der Waals surface area contributed by atoms with E-state index in [2.05, 4.69) is 4.99 Å². The molecule has 2 rings (SSSR count). The Morgan fingerprint density at radius 1 is 1.50 bits per heavy atom. The molecule has 5 N–H and O–H groups in total. The second-order valence-electron chi connectivity index (χ2n) is 3.88. The van der Waals surface area contributed by atoms with E-state index >= 15 is 0 Å². The van der Waals surface area contributed by atoms with Crippen molar-refractivity contribution in [2.75, 3.05) is 0 Å². The predicted molar refractivity (Wildman–Crippen MR) is 63.0 cm³/mol. The zero-order chi connectivity index (χ0) is 13.3. The number of para-hydroxylation sites is 1. The number of nitrogens with one attached hydrogen (secondary N) is 1. The number of benzene rings is 1. The van der Waals surface area contributed by atoms with Gasteiger partial charge in [0.15, 0.2) is 17.5 Å². The molecule has 0 spiro atoms. The number of aromatic hydroxyl groups is 2. The van der Waals surface area contributed by atoms with Crippen molar-refractivity contribution in [3.8, 4) is 11.5 Å². The number of phenols is 2. The summed E-state index contributed by atoms with van der Waals surface area (Å²) in [5, 5.41) is 19.1. The number of rotatable bonds is 2. The number of hydrazine groups is 1. The van der Waals surface area contributed by atoms with Crippen molar-refractivity contribution in [2.45, 2.75) is 19.1 Å². The van der Waals surface area contributed by atoms with Crippen LogP contribution in [0.2, 0.25) is 0 Å². The summed E-state index contributed by atoms with van der Waals surface area (Å²) in [6.07, 6.45) is -0.495. The highest BCUT2D eigenvalue weighted by atomic mass is 16.5. The van der Waals surface area contributed by atoms with Gasteiger partial charge in [0.2, 0.25) is 5.90 Å². The fraction of sp³-hybridized carbons (Fsp3) is 0.273. The fourth-order valence-corrected chi connectivity index (χ4v) is 1.70. The van der Waals surface area contributed by atoms with E-state index in [0.29, 0.717) is 0 Å². The molecule has 1 amide bonds. The topological polar surface area (TPSA) is 117 Å². The minimum Gasteiger partial charge on any atom is -0.504 e. The highest BCUT2D eigenvalue weighted by molar-refractivity contribution is 6.01. The summed E-state index contributed by atoms with van der Waals surface area (Å²) in [5.41, 5.74) is 2.23. The van der Waals surface area contributed by atoms with Crippen molar-refractivity contribution >= 4 is 11.8 Å². The number of ether oxygens (including phenoxy) is 1. The van der Waals surface area contributed by atoms with Gasteiger partial charge in [-0.15, -0.1) is 0 Å². The molecule has 0 aromatic heterocycles. The Balaban J connectivity index is 2.35. The quantitative estimate of drug-likeness (QED) is 0.247. The number of aliphatic imine (C=N–C) groups is 1. The number of hydrogen-bond donors (Lipinski definition) is 4. The summed E-state index contributed by atoms with van der Waals surface area (Å²) >= 11 is 0. The molecule has 7 nitrogen and oxygen atoms in total. The largest absolute Gasteiger partial charge is 0.504 e. The smallest absolute Gasteiger partial charge is 0.262 e. The van der Waals surface area contributed by atoms with E-state index in [9.17, 15) is 15.0 Å². The van der Waals surface area contributed by atoms with Gasteiger partial charge in [0.1, 0.15) is 6.10 Å². The first-order valence-electron chi connectivity index (χ1n) is 5.31. The van der Waals surface area contributed by atoms with Gasteiger partial charge < -0.3 is 14.9 Å². The minimum absolute atomic E-state index is 0.101. The summed E-state index contributed by atoms with van der Waals surface area (Å²) in [6.45, 7) is 1.66. The molecule has 7 heteroatoms. The normalized spacial score (nSPS) is 22.2. The average Bonchev–Trinajstić information content (AvgIpc) is 2.73. The Hall–Kier alpha value is -2.28. The third-order valence-corrected chi connectivity index (χ3v) is 2.65. The molecule has 1 heterocycles. The number of phenolic OH excluding ortho intramolecular Hbond substituents is 2. The first-order valence-corrected chi connectivity index (χ1v) is 5.31. The number of amides is 1. The number of nitrogens with two attached hydrogens (primary N) is 1. The van der Waals surface area contributed by atoms with Crippen molar-refractivity contribution in [3.05, 3.63) is 23.8 Å². The lowest BCUT2D eigenvalue weighted by Crippen LogP contribution is -2.41. The molecule has 1 aromatic carbocycles. The van der Waals surface area contributed by atoms with E-state index in [-0.39, 0.29) is 23.0 Å². The van der Waals surface area contributed by atoms with E-state index in [0.717, 1.165) is 0 Å². The van der Waals surface area contributed by atoms with Gasteiger partial charge in [-0.05, 0) is 19.1 Å². The second kappa shape index (κ2) is 4.53. The highest BCUT2D eigenvalue weighted by Gasteiger charge is 2.34. The molecule has 1 aliphatic rings. The molecule has 0 saturated carbocycles. The van der Waals surface area contributed by atoms with Gasteiger partial charge in [-0.2, -0.15) is 0 Å². The van der Waals surface area contributed by atoms with Crippen LogP contribution in [0.15, 0.2) is 23.2 Å². The van der Waals surface area contributed by atoms with Crippen LogP contribution in [0.5, 0.6) is 11.5 Å². The van der Waals surface area contributed by atoms with Crippen LogP contribution in [0.4, 0.5) is 0 Å². The summed E-state index contributed by atoms with van der Waals surface area (Å²) in [6, 6.07) is 3.63. The molecule has 0 bridgehead atoms. The average molecular weight is 251 g/mol. The van der Waals surface area contributed by atoms with Crippen LogP contribution in [-0.4, -0.2) is 34.2 Å². The fourth-order valence-electron chi connectivity index (χ4n) is 1.70. The van der Waals surface area contributed by atoms with Crippen molar-refractivity contribution < 1.29 is 19.7 Å². The molecule has 0 unspecified atom stereocenters. The standard InChI is InChI=1S/C11H13N3O4/c1-5-8(10(17)14-12)13-11(18-5)6-3-2-4-7(15)9(6)16/h2-5,8,15-16H,12H2,1H3,(H,14,17)/t5-,8+/m1/s1. The van der Waals surface area contributed by atoms with Gasteiger partial charge in [0.05, 0.1) is 5.56 Å². The van der Waals surface area contributed by atoms with Crippen molar-refractivity contribution in [1.29, 1.82) is 0 Å². The monoisotopic (exact) mass is 251 g/mol. The zero-order valence-electron chi connectivity index (χ0n) is 9.62. The number of carbonyl (C=O) groups excluding carboxylic acids is 1. The van der Waals surface area contributed by atoms with Crippen molar-refractivity contribution in [3.63, 3.8) is 0 Å². The van der Waals surface area contributed by atoms with Gasteiger partial charge in [-0.3, -0.25) is 10.2 Å². The van der Waals surface area contributed by atoms with Crippen LogP contribution >= 0.6 is 0 Å². The van der Waals surface area contributed by atoms with E-state index in [4.69, 9.17) is 10.6 Å². The van der Waals surface area contributed by atoms with Gasteiger partial charge in [-0.25, -0.2) is 10.8 Å². The van der Waals surface area contributed by atoms with Crippen LogP contribution < -0.4 is 11.3 Å². The highest BCUT2D eigenvalue weighted by Crippen LogP contribution is 2.31. The summed E-state index contributed by atoms with van der Waals surface area (Å²) in [4.78, 5) is 15.5. The molecule has 96 valence electrons. The van der Waals surface area contributed by atoms with Gasteiger partial charge in [0, 0.05) is 0 Å². The molecular weight excluding hydrogens is 238 g/mol. The summed E-state index contributed by atoms with van der Waals surface area (Å²) in [5.74, 6) is 4.05. The Morgan fingerprint density at radius 3 is 2.89 bits per heavy atom. The summed E-state index contributed by atoms with van der Waals surface area (Å²) in [7, 11) is 0. The predicted octanol–water partition coefficient (Wildman–Crippen LogP) is -0.378. The molecule has 0 fully saturated rings. The third-order valence-electron chi connectivity index (χ3n) is 2.65. The third kappa shape index (κ3) is 1.95. The van der Waals surface area contributed by atoms with E-state index in [1.807, 2.05) is 5.43 Å². The van der Waals surface area contributed by atoms with Crippen molar-refractivity contribution in [1.82, 2.24) is 5.43 Å². The first kappa shape index (κ1) is 12.2. The van der Waals surface area contributed by atoms with Gasteiger partial charge in [-0.1, -0.05) is 6.07 Å². The van der Waals surface area contributed by atoms with Crippen molar-refractivity contribution in [2.24, 2.45) is 10.8 Å². The van der Waals surface area contributed by atoms with E-state index < -0.39 is 18.1 Å². The van der Waals surface area contributed by atoms with Crippen LogP contribution in [0.25, 0.3) is 0 Å². The maximum Gasteiger partial charge on any atom is 0.262 e. The molecular formula is C11H13N3O4. The lowest BCUT2D eigenvalue weighted by molar-refractivity contribution is -0.123. The maximum atomic E-state index is 11.4. The molecule has 0 radical (unpaired) electrons. The van der Waals surface area contributed by atoms with Gasteiger partial charge in [0.25, 0.3) is 5.91 Å². The number of nitrogens with zero attached hydrogens (tertiary/aromatic N) is 1.